The Bertz CT molecular complexity index is 312. The van der Waals surface area contributed by atoms with Gasteiger partial charge in [0.25, 0.3) is 0 Å². The van der Waals surface area contributed by atoms with Gasteiger partial charge in [-0.3, -0.25) is 4.79 Å². The molecule has 0 saturated heterocycles. The van der Waals surface area contributed by atoms with Crippen molar-refractivity contribution in [2.75, 3.05) is 0 Å². The quantitative estimate of drug-likeness (QED) is 0.389. The van der Waals surface area contributed by atoms with E-state index in [1.807, 2.05) is 13.8 Å². The lowest BCUT2D eigenvalue weighted by molar-refractivity contribution is -0.118. The second-order valence-corrected chi connectivity index (χ2v) is 5.05. The number of alkyl halides is 1. The first-order valence-electron chi connectivity index (χ1n) is 5.10. The molecule has 14 heavy (non-hydrogen) atoms. The molecule has 0 radical (unpaired) electrons. The van der Waals surface area contributed by atoms with E-state index in [4.69, 9.17) is 11.6 Å². The number of rotatable bonds is 2. The topological polar surface area (TPSA) is 17.1 Å². The SMILES string of the molecule is CC(C)=CC(=O)[C@@H]1[C@@H](Cl)[C@@H]2C=C[C@H]1C2. The summed E-state index contributed by atoms with van der Waals surface area (Å²) < 4.78 is 0. The zero-order chi connectivity index (χ0) is 10.3. The number of hydrogen-bond acceptors (Lipinski definition) is 1. The van der Waals surface area contributed by atoms with Gasteiger partial charge in [0.05, 0.1) is 5.38 Å². The summed E-state index contributed by atoms with van der Waals surface area (Å²) in [5.74, 6) is 1.06. The normalized spacial score (nSPS) is 38.8. The summed E-state index contributed by atoms with van der Waals surface area (Å²) in [7, 11) is 0. The molecule has 2 aliphatic carbocycles. The smallest absolute Gasteiger partial charge is 0.160 e. The summed E-state index contributed by atoms with van der Waals surface area (Å²) in [6.45, 7) is 3.90. The molecule has 0 aliphatic heterocycles. The van der Waals surface area contributed by atoms with Crippen LogP contribution in [0.2, 0.25) is 0 Å². The third-order valence-corrected chi connectivity index (χ3v) is 3.72. The number of carbonyl (C=O) groups is 1. The summed E-state index contributed by atoms with van der Waals surface area (Å²) in [6.07, 6.45) is 7.12. The third-order valence-electron chi connectivity index (χ3n) is 3.12. The van der Waals surface area contributed by atoms with E-state index in [0.717, 1.165) is 12.0 Å². The number of ketones is 1. The third kappa shape index (κ3) is 1.54. The van der Waals surface area contributed by atoms with Gasteiger partial charge < -0.3 is 0 Å². The molecule has 2 rings (SSSR count). The van der Waals surface area contributed by atoms with E-state index >= 15 is 0 Å². The summed E-state index contributed by atoms with van der Waals surface area (Å²) in [5, 5.41) is 0.0214. The Balaban J connectivity index is 2.16. The summed E-state index contributed by atoms with van der Waals surface area (Å²) in [6, 6.07) is 0. The molecule has 1 fully saturated rings. The second kappa shape index (κ2) is 3.54. The molecule has 0 aromatic rings. The summed E-state index contributed by atoms with van der Waals surface area (Å²) >= 11 is 6.25. The van der Waals surface area contributed by atoms with Gasteiger partial charge in [-0.15, -0.1) is 11.6 Å². The Hall–Kier alpha value is -0.560. The van der Waals surface area contributed by atoms with Gasteiger partial charge in [-0.25, -0.2) is 0 Å². The molecule has 1 saturated carbocycles. The molecular formula is C12H15ClO. The minimum absolute atomic E-state index is 0.0214. The maximum absolute atomic E-state index is 11.9. The van der Waals surface area contributed by atoms with Gasteiger partial charge >= 0.3 is 0 Å². The largest absolute Gasteiger partial charge is 0.294 e. The first-order chi connectivity index (χ1) is 6.59. The van der Waals surface area contributed by atoms with Crippen LogP contribution >= 0.6 is 11.6 Å². The Labute approximate surface area is 89.8 Å². The first kappa shape index (κ1) is 9.97. The van der Waals surface area contributed by atoms with Crippen LogP contribution in [0.15, 0.2) is 23.8 Å². The van der Waals surface area contributed by atoms with Crippen LogP contribution in [0.3, 0.4) is 0 Å². The molecule has 0 spiro atoms. The zero-order valence-electron chi connectivity index (χ0n) is 8.53. The van der Waals surface area contributed by atoms with Crippen molar-refractivity contribution in [2.45, 2.75) is 25.6 Å². The van der Waals surface area contributed by atoms with Gasteiger partial charge in [0, 0.05) is 5.92 Å². The Morgan fingerprint density at radius 1 is 1.36 bits per heavy atom. The Morgan fingerprint density at radius 2 is 2.00 bits per heavy atom. The molecular weight excluding hydrogens is 196 g/mol. The maximum Gasteiger partial charge on any atom is 0.160 e. The maximum atomic E-state index is 11.9. The predicted molar refractivity (Wildman–Crippen MR) is 58.3 cm³/mol. The number of halogens is 1. The minimum atomic E-state index is 0.0214. The lowest BCUT2D eigenvalue weighted by Gasteiger charge is -2.20. The number of carbonyl (C=O) groups excluding carboxylic acids is 1. The average Bonchev–Trinajstić information content (AvgIpc) is 2.61. The predicted octanol–water partition coefficient (Wildman–Crippen LogP) is 2.95. The van der Waals surface area contributed by atoms with Crippen LogP contribution in [0.1, 0.15) is 20.3 Å². The molecule has 0 heterocycles. The monoisotopic (exact) mass is 210 g/mol. The van der Waals surface area contributed by atoms with E-state index in [9.17, 15) is 4.79 Å². The van der Waals surface area contributed by atoms with Gasteiger partial charge in [0.15, 0.2) is 5.78 Å². The fourth-order valence-corrected chi connectivity index (χ4v) is 3.01. The van der Waals surface area contributed by atoms with E-state index in [0.29, 0.717) is 11.8 Å². The van der Waals surface area contributed by atoms with E-state index in [1.165, 1.54) is 0 Å². The van der Waals surface area contributed by atoms with E-state index in [1.54, 1.807) is 6.08 Å². The highest BCUT2D eigenvalue weighted by molar-refractivity contribution is 6.23. The number of hydrogen-bond donors (Lipinski definition) is 0. The van der Waals surface area contributed by atoms with Gasteiger partial charge in [0.1, 0.15) is 0 Å². The van der Waals surface area contributed by atoms with Crippen LogP contribution in [0.5, 0.6) is 0 Å². The number of fused-ring (bicyclic) bond motifs is 2. The Morgan fingerprint density at radius 3 is 2.50 bits per heavy atom. The number of allylic oxidation sites excluding steroid dienone is 4. The van der Waals surface area contributed by atoms with Crippen molar-refractivity contribution < 1.29 is 4.79 Å². The van der Waals surface area contributed by atoms with Crippen LogP contribution < -0.4 is 0 Å². The van der Waals surface area contributed by atoms with Crippen molar-refractivity contribution in [1.82, 2.24) is 0 Å². The summed E-state index contributed by atoms with van der Waals surface area (Å²) in [4.78, 5) is 11.9. The highest BCUT2D eigenvalue weighted by Crippen LogP contribution is 2.47. The van der Waals surface area contributed by atoms with Crippen molar-refractivity contribution >= 4 is 17.4 Å². The lowest BCUT2D eigenvalue weighted by Crippen LogP contribution is -2.26. The van der Waals surface area contributed by atoms with Crippen LogP contribution in [0, 0.1) is 17.8 Å². The van der Waals surface area contributed by atoms with E-state index < -0.39 is 0 Å². The van der Waals surface area contributed by atoms with Gasteiger partial charge in [-0.2, -0.15) is 0 Å². The molecule has 4 atom stereocenters. The lowest BCUT2D eigenvalue weighted by atomic mass is 9.88. The molecule has 2 heteroatoms. The molecule has 0 aromatic heterocycles. The van der Waals surface area contributed by atoms with Gasteiger partial charge in [0.2, 0.25) is 0 Å². The van der Waals surface area contributed by atoms with E-state index in [-0.39, 0.29) is 17.1 Å². The molecule has 0 aromatic carbocycles. The summed E-state index contributed by atoms with van der Waals surface area (Å²) in [5.41, 5.74) is 1.06. The van der Waals surface area contributed by atoms with Crippen LogP contribution in [-0.4, -0.2) is 11.2 Å². The molecule has 1 nitrogen and oxygen atoms in total. The Kier molecular flexibility index (Phi) is 2.52. The van der Waals surface area contributed by atoms with Crippen molar-refractivity contribution in [3.05, 3.63) is 23.8 Å². The second-order valence-electron chi connectivity index (χ2n) is 4.54. The minimum Gasteiger partial charge on any atom is -0.294 e. The van der Waals surface area contributed by atoms with E-state index in [2.05, 4.69) is 12.2 Å². The molecule has 2 aliphatic rings. The van der Waals surface area contributed by atoms with Crippen molar-refractivity contribution in [3.63, 3.8) is 0 Å². The zero-order valence-corrected chi connectivity index (χ0v) is 9.29. The molecule has 0 N–H and O–H groups in total. The highest BCUT2D eigenvalue weighted by Gasteiger charge is 2.46. The van der Waals surface area contributed by atoms with Crippen LogP contribution in [0.25, 0.3) is 0 Å². The molecule has 0 unspecified atom stereocenters. The standard InChI is InChI=1S/C12H15ClO/c1-7(2)5-10(14)11-8-3-4-9(6-8)12(11)13/h3-5,8-9,11-12H,6H2,1-2H3/t8-,9+,11+,12-/m0/s1. The van der Waals surface area contributed by atoms with Crippen molar-refractivity contribution in [2.24, 2.45) is 17.8 Å². The van der Waals surface area contributed by atoms with Crippen LogP contribution in [0.4, 0.5) is 0 Å². The fraction of sp³-hybridized carbons (Fsp3) is 0.583. The van der Waals surface area contributed by atoms with Crippen molar-refractivity contribution in [3.8, 4) is 0 Å². The van der Waals surface area contributed by atoms with Crippen LogP contribution in [-0.2, 0) is 4.79 Å². The molecule has 2 bridgehead atoms. The average molecular weight is 211 g/mol. The van der Waals surface area contributed by atoms with Crippen molar-refractivity contribution in [1.29, 1.82) is 0 Å². The fourth-order valence-electron chi connectivity index (χ4n) is 2.51. The van der Waals surface area contributed by atoms with Gasteiger partial charge in [-0.1, -0.05) is 17.7 Å². The first-order valence-corrected chi connectivity index (χ1v) is 5.54. The molecule has 0 amide bonds. The highest BCUT2D eigenvalue weighted by atomic mass is 35.5. The van der Waals surface area contributed by atoms with Gasteiger partial charge in [-0.05, 0) is 38.2 Å². The molecule has 76 valence electrons.